The molecule has 1 aliphatic heterocycles. The fourth-order valence-electron chi connectivity index (χ4n) is 4.21. The minimum atomic E-state index is -1.17. The number of halogens is 1. The summed E-state index contributed by atoms with van der Waals surface area (Å²) >= 11 is 0. The number of carbonyl (C=O) groups excluding carboxylic acids is 1. The Balaban J connectivity index is 2.01. The van der Waals surface area contributed by atoms with Crippen LogP contribution in [-0.2, 0) is 0 Å². The molecule has 0 radical (unpaired) electrons. The number of nitrogens with zero attached hydrogens (tertiary/aromatic N) is 3. The molecule has 1 aliphatic rings. The predicted molar refractivity (Wildman–Crippen MR) is 102 cm³/mol. The average molecular weight is 384 g/mol. The summed E-state index contributed by atoms with van der Waals surface area (Å²) in [6.45, 7) is 6.74. The van der Waals surface area contributed by atoms with Crippen molar-refractivity contribution < 1.29 is 19.1 Å². The predicted octanol–water partition coefficient (Wildman–Crippen LogP) is 2.46. The quantitative estimate of drug-likeness (QED) is 0.709. The van der Waals surface area contributed by atoms with Gasteiger partial charge < -0.3 is 15.3 Å². The Kier molecular flexibility index (Phi) is 4.30. The zero-order valence-electron chi connectivity index (χ0n) is 15.9. The van der Waals surface area contributed by atoms with E-state index in [1.54, 1.807) is 22.3 Å². The minimum Gasteiger partial charge on any atom is -0.476 e. The second kappa shape index (κ2) is 6.56. The number of pyridine rings is 1. The molecule has 2 aromatic heterocycles. The number of hydrogen-bond donors (Lipinski definition) is 2. The van der Waals surface area contributed by atoms with E-state index in [0.717, 1.165) is 0 Å². The van der Waals surface area contributed by atoms with E-state index in [-0.39, 0.29) is 23.7 Å². The van der Waals surface area contributed by atoms with E-state index in [0.29, 0.717) is 40.6 Å². The van der Waals surface area contributed by atoms with E-state index in [2.05, 4.69) is 10.3 Å². The van der Waals surface area contributed by atoms with Gasteiger partial charge in [0.2, 0.25) is 0 Å². The van der Waals surface area contributed by atoms with Gasteiger partial charge in [0.05, 0.1) is 16.6 Å². The van der Waals surface area contributed by atoms with Crippen LogP contribution in [0.3, 0.4) is 0 Å². The summed E-state index contributed by atoms with van der Waals surface area (Å²) in [6, 6.07) is 4.42. The third-order valence-electron chi connectivity index (χ3n) is 5.25. The molecule has 28 heavy (non-hydrogen) atoms. The van der Waals surface area contributed by atoms with Gasteiger partial charge in [0.15, 0.2) is 5.69 Å². The molecule has 0 aliphatic carbocycles. The number of benzene rings is 1. The Morgan fingerprint density at radius 3 is 2.57 bits per heavy atom. The largest absolute Gasteiger partial charge is 0.476 e. The van der Waals surface area contributed by atoms with Crippen molar-refractivity contribution in [3.63, 3.8) is 0 Å². The molecule has 4 rings (SSSR count). The molecule has 0 unspecified atom stereocenters. The van der Waals surface area contributed by atoms with Crippen molar-refractivity contribution in [3.05, 3.63) is 47.2 Å². The van der Waals surface area contributed by atoms with Crippen molar-refractivity contribution in [1.82, 2.24) is 19.6 Å². The van der Waals surface area contributed by atoms with Crippen LogP contribution in [0.5, 0.6) is 0 Å². The Hall–Kier alpha value is -3.00. The first-order valence-corrected chi connectivity index (χ1v) is 9.15. The van der Waals surface area contributed by atoms with Gasteiger partial charge in [-0.3, -0.25) is 9.20 Å². The van der Waals surface area contributed by atoms with Gasteiger partial charge in [-0.05, 0) is 44.5 Å². The van der Waals surface area contributed by atoms with Crippen molar-refractivity contribution >= 4 is 28.3 Å². The fourth-order valence-corrected chi connectivity index (χ4v) is 4.21. The Morgan fingerprint density at radius 2 is 1.93 bits per heavy atom. The molecule has 2 N–H and O–H groups in total. The lowest BCUT2D eigenvalue weighted by Crippen LogP contribution is -2.56. The van der Waals surface area contributed by atoms with E-state index in [4.69, 9.17) is 0 Å². The Morgan fingerprint density at radius 1 is 1.25 bits per heavy atom. The molecule has 1 fully saturated rings. The van der Waals surface area contributed by atoms with Crippen LogP contribution < -0.4 is 5.32 Å². The summed E-state index contributed by atoms with van der Waals surface area (Å²) in [7, 11) is 0. The number of piperazine rings is 1. The summed E-state index contributed by atoms with van der Waals surface area (Å²) in [5.41, 5.74) is 1.58. The molecule has 3 heterocycles. The van der Waals surface area contributed by atoms with Crippen LogP contribution in [0.4, 0.5) is 4.39 Å². The van der Waals surface area contributed by atoms with Gasteiger partial charge in [-0.2, -0.15) is 0 Å². The lowest BCUT2D eigenvalue weighted by molar-refractivity contribution is 0.0670. The van der Waals surface area contributed by atoms with Gasteiger partial charge in [-0.15, -0.1) is 0 Å². The number of hydrogen-bond acceptors (Lipinski definition) is 4. The maximum Gasteiger partial charge on any atom is 0.356 e. The van der Waals surface area contributed by atoms with Gasteiger partial charge in [0.1, 0.15) is 12.1 Å². The lowest BCUT2D eigenvalue weighted by atomic mass is 9.99. The number of rotatable bonds is 2. The third-order valence-corrected chi connectivity index (χ3v) is 5.25. The summed E-state index contributed by atoms with van der Waals surface area (Å²) in [6.07, 6.45) is 1.40. The number of amides is 1. The molecule has 2 atom stereocenters. The standard InChI is InChI=1S/C20H21FN4O3/c1-10-7-24(8-11(2)23-10)19(26)16-12(3)18-17(20(27)28)22-9-25(18)15-5-4-13(21)6-14(15)16/h4-6,9-11,23H,7-8H2,1-3H3,(H,27,28)/t10-,11+. The van der Waals surface area contributed by atoms with Crippen LogP contribution in [0.25, 0.3) is 16.4 Å². The first kappa shape index (κ1) is 18.4. The van der Waals surface area contributed by atoms with Crippen LogP contribution in [-0.4, -0.2) is 56.4 Å². The number of nitrogens with one attached hydrogen (secondary N) is 1. The number of carboxylic acids is 1. The van der Waals surface area contributed by atoms with E-state index in [1.165, 1.54) is 18.5 Å². The first-order chi connectivity index (χ1) is 13.3. The molecule has 0 saturated carbocycles. The number of carbonyl (C=O) groups is 2. The van der Waals surface area contributed by atoms with Gasteiger partial charge in [-0.1, -0.05) is 0 Å². The van der Waals surface area contributed by atoms with Gasteiger partial charge in [-0.25, -0.2) is 14.2 Å². The topological polar surface area (TPSA) is 86.9 Å². The number of fused-ring (bicyclic) bond motifs is 3. The smallest absolute Gasteiger partial charge is 0.356 e. The molecule has 8 heteroatoms. The highest BCUT2D eigenvalue weighted by Gasteiger charge is 2.30. The van der Waals surface area contributed by atoms with Crippen LogP contribution >= 0.6 is 0 Å². The molecule has 1 saturated heterocycles. The molecule has 0 bridgehead atoms. The molecule has 3 aromatic rings. The van der Waals surface area contributed by atoms with Crippen molar-refractivity contribution in [2.24, 2.45) is 0 Å². The molecule has 1 aromatic carbocycles. The van der Waals surface area contributed by atoms with Crippen molar-refractivity contribution in [1.29, 1.82) is 0 Å². The second-order valence-corrected chi connectivity index (χ2v) is 7.46. The van der Waals surface area contributed by atoms with Crippen molar-refractivity contribution in [2.45, 2.75) is 32.9 Å². The molecule has 0 spiro atoms. The molecule has 146 valence electrons. The van der Waals surface area contributed by atoms with E-state index in [9.17, 15) is 19.1 Å². The zero-order chi connectivity index (χ0) is 20.2. The summed E-state index contributed by atoms with van der Waals surface area (Å²) in [5.74, 6) is -1.86. The number of carboxylic acid groups (broad SMARTS) is 1. The second-order valence-electron chi connectivity index (χ2n) is 7.46. The van der Waals surface area contributed by atoms with Gasteiger partial charge >= 0.3 is 5.97 Å². The van der Waals surface area contributed by atoms with E-state index >= 15 is 0 Å². The van der Waals surface area contributed by atoms with Crippen LogP contribution in [0.2, 0.25) is 0 Å². The van der Waals surface area contributed by atoms with Crippen LogP contribution in [0.15, 0.2) is 24.5 Å². The maximum atomic E-state index is 14.1. The average Bonchev–Trinajstić information content (AvgIpc) is 3.06. The number of aryl methyl sites for hydroxylation is 1. The van der Waals surface area contributed by atoms with Gasteiger partial charge in [0, 0.05) is 30.6 Å². The highest BCUT2D eigenvalue weighted by atomic mass is 19.1. The van der Waals surface area contributed by atoms with Crippen molar-refractivity contribution in [3.8, 4) is 0 Å². The normalized spacial score (nSPS) is 20.1. The number of aromatic nitrogens is 2. The molecule has 7 nitrogen and oxygen atoms in total. The van der Waals surface area contributed by atoms with E-state index in [1.807, 2.05) is 13.8 Å². The highest BCUT2D eigenvalue weighted by Crippen LogP contribution is 2.30. The molecule has 1 amide bonds. The summed E-state index contributed by atoms with van der Waals surface area (Å²) in [4.78, 5) is 30.9. The summed E-state index contributed by atoms with van der Waals surface area (Å²) in [5, 5.41) is 13.3. The fraction of sp³-hybridized carbons (Fsp3) is 0.350. The van der Waals surface area contributed by atoms with Crippen LogP contribution in [0.1, 0.15) is 40.3 Å². The SMILES string of the molecule is Cc1c(C(=O)N2C[C@@H](C)N[C@@H](C)C2)c2cc(F)ccc2n2cnc(C(=O)O)c12. The Labute approximate surface area is 160 Å². The number of aromatic carboxylic acids is 1. The van der Waals surface area contributed by atoms with Crippen molar-refractivity contribution in [2.75, 3.05) is 13.1 Å². The summed E-state index contributed by atoms with van der Waals surface area (Å²) < 4.78 is 15.7. The first-order valence-electron chi connectivity index (χ1n) is 9.15. The third kappa shape index (κ3) is 2.80. The molecular formula is C20H21FN4O3. The number of imidazole rings is 1. The minimum absolute atomic E-state index is 0.125. The Bertz CT molecular complexity index is 1110. The molecular weight excluding hydrogens is 363 g/mol. The highest BCUT2D eigenvalue weighted by molar-refractivity contribution is 6.11. The van der Waals surface area contributed by atoms with Gasteiger partial charge in [0.25, 0.3) is 5.91 Å². The maximum absolute atomic E-state index is 14.1. The monoisotopic (exact) mass is 384 g/mol. The lowest BCUT2D eigenvalue weighted by Gasteiger charge is -2.36. The van der Waals surface area contributed by atoms with E-state index < -0.39 is 11.8 Å². The zero-order valence-corrected chi connectivity index (χ0v) is 15.9. The van der Waals surface area contributed by atoms with Crippen LogP contribution in [0, 0.1) is 12.7 Å².